The van der Waals surface area contributed by atoms with Gasteiger partial charge in [0, 0.05) is 26.2 Å². The minimum Gasteiger partial charge on any atom is -0.493 e. The van der Waals surface area contributed by atoms with Gasteiger partial charge in [-0.1, -0.05) is 12.1 Å². The van der Waals surface area contributed by atoms with Crippen LogP contribution in [-0.2, 0) is 16.6 Å². The molecule has 1 aliphatic rings. The molecule has 8 nitrogen and oxygen atoms in total. The lowest BCUT2D eigenvalue weighted by molar-refractivity contribution is -0.128. The molecule has 1 atom stereocenters. The standard InChI is InChI=1S/C18H22N4O4/c1-21-12-14(10-19-21)20-18(24)13-9-17(23)22(11-13)7-8-26-16-6-4-3-5-15(16)25-2/h3-6,10,12-13H,7-9,11H2,1-2H3,(H,20,24)/t13-/m0/s1. The van der Waals surface area contributed by atoms with Crippen molar-refractivity contribution in [1.82, 2.24) is 14.7 Å². The van der Waals surface area contributed by atoms with Crippen molar-refractivity contribution in [1.29, 1.82) is 0 Å². The first-order valence-corrected chi connectivity index (χ1v) is 8.40. The van der Waals surface area contributed by atoms with E-state index in [0.717, 1.165) is 0 Å². The summed E-state index contributed by atoms with van der Waals surface area (Å²) < 4.78 is 12.5. The largest absolute Gasteiger partial charge is 0.493 e. The molecule has 0 radical (unpaired) electrons. The van der Waals surface area contributed by atoms with Crippen molar-refractivity contribution in [3.05, 3.63) is 36.7 Å². The summed E-state index contributed by atoms with van der Waals surface area (Å²) in [5.41, 5.74) is 0.628. The highest BCUT2D eigenvalue weighted by Gasteiger charge is 2.34. The molecule has 1 aromatic heterocycles. The van der Waals surface area contributed by atoms with Gasteiger partial charge >= 0.3 is 0 Å². The van der Waals surface area contributed by atoms with E-state index in [4.69, 9.17) is 9.47 Å². The van der Waals surface area contributed by atoms with E-state index in [2.05, 4.69) is 10.4 Å². The smallest absolute Gasteiger partial charge is 0.229 e. The van der Waals surface area contributed by atoms with Crippen LogP contribution in [-0.4, -0.2) is 53.3 Å². The molecule has 1 fully saturated rings. The first kappa shape index (κ1) is 17.8. The van der Waals surface area contributed by atoms with Crippen LogP contribution in [0.2, 0.25) is 0 Å². The maximum Gasteiger partial charge on any atom is 0.229 e. The highest BCUT2D eigenvalue weighted by molar-refractivity contribution is 5.97. The summed E-state index contributed by atoms with van der Waals surface area (Å²) in [4.78, 5) is 26.1. The van der Waals surface area contributed by atoms with Gasteiger partial charge in [0.15, 0.2) is 11.5 Å². The summed E-state index contributed by atoms with van der Waals surface area (Å²) in [6.07, 6.45) is 3.50. The summed E-state index contributed by atoms with van der Waals surface area (Å²) in [6, 6.07) is 7.35. The molecule has 0 spiro atoms. The Kier molecular flexibility index (Phi) is 5.40. The Hall–Kier alpha value is -3.03. The van der Waals surface area contributed by atoms with Crippen LogP contribution in [0, 0.1) is 5.92 Å². The second-order valence-corrected chi connectivity index (χ2v) is 6.13. The van der Waals surface area contributed by atoms with Gasteiger partial charge in [0.05, 0.1) is 31.5 Å². The van der Waals surface area contributed by atoms with Crippen molar-refractivity contribution in [2.45, 2.75) is 6.42 Å². The first-order chi connectivity index (χ1) is 12.6. The Bertz CT molecular complexity index is 789. The number of carbonyl (C=O) groups is 2. The van der Waals surface area contributed by atoms with Crippen LogP contribution in [0.3, 0.4) is 0 Å². The number of likely N-dealkylation sites (tertiary alicyclic amines) is 1. The zero-order valence-corrected chi connectivity index (χ0v) is 14.8. The molecule has 138 valence electrons. The predicted molar refractivity (Wildman–Crippen MR) is 95.0 cm³/mol. The number of hydrogen-bond donors (Lipinski definition) is 1. The number of anilines is 1. The lowest BCUT2D eigenvalue weighted by Gasteiger charge is -2.17. The average Bonchev–Trinajstić information content (AvgIpc) is 3.21. The highest BCUT2D eigenvalue weighted by Crippen LogP contribution is 2.26. The van der Waals surface area contributed by atoms with Gasteiger partial charge < -0.3 is 19.7 Å². The lowest BCUT2D eigenvalue weighted by Crippen LogP contribution is -2.31. The molecule has 3 rings (SSSR count). The summed E-state index contributed by atoms with van der Waals surface area (Å²) in [6.45, 7) is 1.15. The highest BCUT2D eigenvalue weighted by atomic mass is 16.5. The zero-order chi connectivity index (χ0) is 18.5. The summed E-state index contributed by atoms with van der Waals surface area (Å²) in [7, 11) is 3.36. The molecule has 8 heteroatoms. The number of aryl methyl sites for hydroxylation is 1. The van der Waals surface area contributed by atoms with Crippen LogP contribution >= 0.6 is 0 Å². The fourth-order valence-corrected chi connectivity index (χ4v) is 2.90. The van der Waals surface area contributed by atoms with E-state index in [9.17, 15) is 9.59 Å². The SMILES string of the molecule is COc1ccccc1OCCN1C[C@@H](C(=O)Nc2cnn(C)c2)CC1=O. The molecule has 2 amide bonds. The number of hydrogen-bond acceptors (Lipinski definition) is 5. The number of nitrogens with zero attached hydrogens (tertiary/aromatic N) is 3. The van der Waals surface area contributed by atoms with Crippen LogP contribution in [0.25, 0.3) is 0 Å². The predicted octanol–water partition coefficient (Wildman–Crippen LogP) is 1.29. The van der Waals surface area contributed by atoms with Crippen molar-refractivity contribution >= 4 is 17.5 Å². The third kappa shape index (κ3) is 4.14. The minimum atomic E-state index is -0.367. The second kappa shape index (κ2) is 7.90. The van der Waals surface area contributed by atoms with E-state index in [1.807, 2.05) is 24.3 Å². The zero-order valence-electron chi connectivity index (χ0n) is 14.8. The van der Waals surface area contributed by atoms with Gasteiger partial charge in [-0.2, -0.15) is 5.10 Å². The van der Waals surface area contributed by atoms with Crippen LogP contribution in [0.5, 0.6) is 11.5 Å². The first-order valence-electron chi connectivity index (χ1n) is 8.40. The summed E-state index contributed by atoms with van der Waals surface area (Å²) in [5, 5.41) is 6.80. The number of methoxy groups -OCH3 is 1. The lowest BCUT2D eigenvalue weighted by atomic mass is 10.1. The Labute approximate surface area is 151 Å². The molecule has 1 saturated heterocycles. The molecular weight excluding hydrogens is 336 g/mol. The Morgan fingerprint density at radius 3 is 2.81 bits per heavy atom. The molecule has 1 aliphatic heterocycles. The fraction of sp³-hybridized carbons (Fsp3) is 0.389. The van der Waals surface area contributed by atoms with Crippen LogP contribution in [0.1, 0.15) is 6.42 Å². The topological polar surface area (TPSA) is 85.7 Å². The van der Waals surface area contributed by atoms with Gasteiger partial charge in [-0.15, -0.1) is 0 Å². The quantitative estimate of drug-likeness (QED) is 0.806. The number of carbonyl (C=O) groups excluding carboxylic acids is 2. The molecule has 0 unspecified atom stereocenters. The third-order valence-corrected chi connectivity index (χ3v) is 4.25. The molecule has 0 bridgehead atoms. The van der Waals surface area contributed by atoms with Crippen LogP contribution in [0.4, 0.5) is 5.69 Å². The van der Waals surface area contributed by atoms with Gasteiger partial charge in [0.1, 0.15) is 6.61 Å². The minimum absolute atomic E-state index is 0.0417. The molecule has 0 aliphatic carbocycles. The molecule has 2 heterocycles. The summed E-state index contributed by atoms with van der Waals surface area (Å²) >= 11 is 0. The van der Waals surface area contributed by atoms with E-state index < -0.39 is 0 Å². The molecule has 1 aromatic carbocycles. The van der Waals surface area contributed by atoms with E-state index in [0.29, 0.717) is 36.9 Å². The van der Waals surface area contributed by atoms with Crippen molar-refractivity contribution in [3.8, 4) is 11.5 Å². The van der Waals surface area contributed by atoms with Crippen molar-refractivity contribution < 1.29 is 19.1 Å². The van der Waals surface area contributed by atoms with Crippen molar-refractivity contribution in [2.24, 2.45) is 13.0 Å². The number of amides is 2. The summed E-state index contributed by atoms with van der Waals surface area (Å²) in [5.74, 6) is 0.704. The molecule has 26 heavy (non-hydrogen) atoms. The Balaban J connectivity index is 1.49. The normalized spacial score (nSPS) is 16.6. The van der Waals surface area contributed by atoms with Crippen molar-refractivity contribution in [3.63, 3.8) is 0 Å². The third-order valence-electron chi connectivity index (χ3n) is 4.25. The molecular formula is C18H22N4O4. The number of benzene rings is 1. The monoisotopic (exact) mass is 358 g/mol. The Morgan fingerprint density at radius 1 is 1.35 bits per heavy atom. The number of nitrogens with one attached hydrogen (secondary N) is 1. The second-order valence-electron chi connectivity index (χ2n) is 6.13. The number of aromatic nitrogens is 2. The Morgan fingerprint density at radius 2 is 2.12 bits per heavy atom. The van der Waals surface area contributed by atoms with E-state index >= 15 is 0 Å². The van der Waals surface area contributed by atoms with Gasteiger partial charge in [-0.25, -0.2) is 0 Å². The fourth-order valence-electron chi connectivity index (χ4n) is 2.90. The van der Waals surface area contributed by atoms with Gasteiger partial charge in [0.2, 0.25) is 11.8 Å². The number of para-hydroxylation sites is 2. The van der Waals surface area contributed by atoms with Crippen LogP contribution < -0.4 is 14.8 Å². The maximum absolute atomic E-state index is 12.3. The average molecular weight is 358 g/mol. The van der Waals surface area contributed by atoms with E-state index in [1.165, 1.54) is 0 Å². The number of rotatable bonds is 7. The van der Waals surface area contributed by atoms with E-state index in [-0.39, 0.29) is 24.2 Å². The van der Waals surface area contributed by atoms with Gasteiger partial charge in [0.25, 0.3) is 0 Å². The van der Waals surface area contributed by atoms with Crippen molar-refractivity contribution in [2.75, 3.05) is 32.1 Å². The molecule has 1 N–H and O–H groups in total. The molecule has 2 aromatic rings. The van der Waals surface area contributed by atoms with Gasteiger partial charge in [-0.3, -0.25) is 14.3 Å². The number of ether oxygens (including phenoxy) is 2. The van der Waals surface area contributed by atoms with E-state index in [1.54, 1.807) is 36.1 Å². The maximum atomic E-state index is 12.3. The van der Waals surface area contributed by atoms with Gasteiger partial charge in [-0.05, 0) is 12.1 Å². The molecule has 0 saturated carbocycles. The van der Waals surface area contributed by atoms with Crippen LogP contribution in [0.15, 0.2) is 36.7 Å².